The van der Waals surface area contributed by atoms with Crippen molar-refractivity contribution in [2.75, 3.05) is 12.4 Å². The fraction of sp³-hybridized carbons (Fsp3) is 0.100. The van der Waals surface area contributed by atoms with E-state index in [9.17, 15) is 8.78 Å². The van der Waals surface area contributed by atoms with E-state index in [1.54, 1.807) is 18.4 Å². The first-order valence-electron chi connectivity index (χ1n) is 8.06. The predicted molar refractivity (Wildman–Crippen MR) is 102 cm³/mol. The van der Waals surface area contributed by atoms with E-state index in [0.29, 0.717) is 17.4 Å². The fourth-order valence-electron chi connectivity index (χ4n) is 2.89. The smallest absolute Gasteiger partial charge is 0.160 e. The highest BCUT2D eigenvalue weighted by atomic mass is 32.1. The lowest BCUT2D eigenvalue weighted by Crippen LogP contribution is -2.00. The molecule has 0 atom stereocenters. The Morgan fingerprint density at radius 1 is 1.08 bits per heavy atom. The summed E-state index contributed by atoms with van der Waals surface area (Å²) in [6.45, 7) is 0.695. The van der Waals surface area contributed by atoms with E-state index < -0.39 is 11.6 Å². The maximum Gasteiger partial charge on any atom is 0.160 e. The molecule has 0 saturated heterocycles. The summed E-state index contributed by atoms with van der Waals surface area (Å²) < 4.78 is 32.3. The van der Waals surface area contributed by atoms with Gasteiger partial charge in [0, 0.05) is 39.6 Å². The Morgan fingerprint density at radius 2 is 1.92 bits per heavy atom. The van der Waals surface area contributed by atoms with E-state index >= 15 is 0 Å². The number of methoxy groups -OCH3 is 1. The molecule has 6 heteroatoms. The highest BCUT2D eigenvalue weighted by Gasteiger charge is 2.11. The van der Waals surface area contributed by atoms with Gasteiger partial charge in [0.1, 0.15) is 5.75 Å². The minimum Gasteiger partial charge on any atom is -0.495 e. The molecule has 3 nitrogen and oxygen atoms in total. The number of halogens is 2. The zero-order valence-electron chi connectivity index (χ0n) is 14.0. The van der Waals surface area contributed by atoms with Crippen molar-refractivity contribution >= 4 is 27.9 Å². The van der Waals surface area contributed by atoms with Crippen LogP contribution in [-0.2, 0) is 6.54 Å². The van der Waals surface area contributed by atoms with Crippen LogP contribution in [0.15, 0.2) is 53.9 Å². The van der Waals surface area contributed by atoms with E-state index in [1.807, 2.05) is 35.7 Å². The molecule has 0 unspecified atom stereocenters. The van der Waals surface area contributed by atoms with Crippen molar-refractivity contribution in [1.29, 1.82) is 0 Å². The Bertz CT molecular complexity index is 1020. The average Bonchev–Trinajstić information content (AvgIpc) is 3.30. The number of anilines is 1. The number of rotatable bonds is 5. The van der Waals surface area contributed by atoms with Crippen molar-refractivity contribution in [1.82, 2.24) is 4.98 Å². The van der Waals surface area contributed by atoms with Gasteiger partial charge < -0.3 is 15.0 Å². The van der Waals surface area contributed by atoms with Crippen molar-refractivity contribution in [2.24, 2.45) is 0 Å². The van der Waals surface area contributed by atoms with E-state index in [2.05, 4.69) is 16.4 Å². The third kappa shape index (κ3) is 3.15. The molecule has 0 saturated carbocycles. The molecule has 2 aromatic heterocycles. The largest absolute Gasteiger partial charge is 0.495 e. The normalized spacial score (nSPS) is 11.0. The second-order valence-electron chi connectivity index (χ2n) is 5.88. The second kappa shape index (κ2) is 6.80. The number of ether oxygens (including phenoxy) is 1. The van der Waals surface area contributed by atoms with Crippen LogP contribution in [0.25, 0.3) is 22.2 Å². The lowest BCUT2D eigenvalue weighted by Gasteiger charge is -2.12. The molecule has 0 fully saturated rings. The molecule has 2 heterocycles. The predicted octanol–water partition coefficient (Wildman–Crippen LogP) is 5.80. The first kappa shape index (κ1) is 16.6. The van der Waals surface area contributed by atoms with Crippen molar-refractivity contribution in [3.05, 3.63) is 70.4 Å². The molecule has 2 N–H and O–H groups in total. The summed E-state index contributed by atoms with van der Waals surface area (Å²) in [4.78, 5) is 4.36. The van der Waals surface area contributed by atoms with E-state index in [0.717, 1.165) is 22.7 Å². The van der Waals surface area contributed by atoms with Crippen molar-refractivity contribution in [3.63, 3.8) is 0 Å². The van der Waals surface area contributed by atoms with Gasteiger partial charge in [0.05, 0.1) is 12.8 Å². The van der Waals surface area contributed by atoms with Crippen LogP contribution in [0.2, 0.25) is 0 Å². The standard InChI is InChI=1S/C20H16F2N2OS/c1-25-20-5-4-12(8-19(20)23-11-14-3-2-6-26-14)17-9-13-7-15(21)16(22)10-18(13)24-17/h2-10,23-24H,11H2,1H3. The minimum atomic E-state index is -0.862. The van der Waals surface area contributed by atoms with Gasteiger partial charge in [0.2, 0.25) is 0 Å². The molecule has 4 aromatic rings. The molecule has 0 amide bonds. The van der Waals surface area contributed by atoms with Gasteiger partial charge in [-0.25, -0.2) is 8.78 Å². The molecule has 4 rings (SSSR count). The van der Waals surface area contributed by atoms with Crippen LogP contribution in [0.3, 0.4) is 0 Å². The lowest BCUT2D eigenvalue weighted by molar-refractivity contribution is 0.416. The molecule has 2 aromatic carbocycles. The number of nitrogens with one attached hydrogen (secondary N) is 2. The Hall–Kier alpha value is -2.86. The Balaban J connectivity index is 1.69. The maximum atomic E-state index is 13.4. The highest BCUT2D eigenvalue weighted by molar-refractivity contribution is 7.09. The Labute approximate surface area is 153 Å². The molecule has 132 valence electrons. The summed E-state index contributed by atoms with van der Waals surface area (Å²) in [5.74, 6) is -0.978. The van der Waals surface area contributed by atoms with Gasteiger partial charge in [0.15, 0.2) is 11.6 Å². The van der Waals surface area contributed by atoms with Crippen LogP contribution in [0.5, 0.6) is 5.75 Å². The zero-order valence-corrected chi connectivity index (χ0v) is 14.8. The molecule has 0 aliphatic rings. The van der Waals surface area contributed by atoms with Crippen LogP contribution < -0.4 is 10.1 Å². The van der Waals surface area contributed by atoms with Crippen LogP contribution in [0.1, 0.15) is 4.88 Å². The highest BCUT2D eigenvalue weighted by Crippen LogP contribution is 2.32. The number of H-pyrrole nitrogens is 1. The first-order valence-corrected chi connectivity index (χ1v) is 8.94. The number of hydrogen-bond acceptors (Lipinski definition) is 3. The summed E-state index contributed by atoms with van der Waals surface area (Å²) in [5, 5.41) is 6.04. The van der Waals surface area contributed by atoms with Crippen LogP contribution in [-0.4, -0.2) is 12.1 Å². The van der Waals surface area contributed by atoms with Crippen molar-refractivity contribution in [2.45, 2.75) is 6.54 Å². The number of aromatic amines is 1. The van der Waals surface area contributed by atoms with Gasteiger partial charge in [-0.3, -0.25) is 0 Å². The Morgan fingerprint density at radius 3 is 2.69 bits per heavy atom. The quantitative estimate of drug-likeness (QED) is 0.466. The number of benzene rings is 2. The number of thiophene rings is 1. The van der Waals surface area contributed by atoms with Gasteiger partial charge in [0.25, 0.3) is 0 Å². The molecule has 26 heavy (non-hydrogen) atoms. The van der Waals surface area contributed by atoms with Gasteiger partial charge in [-0.2, -0.15) is 0 Å². The molecule has 0 radical (unpaired) electrons. The molecular formula is C20H16F2N2OS. The topological polar surface area (TPSA) is 37.0 Å². The monoisotopic (exact) mass is 370 g/mol. The molecule has 0 spiro atoms. The molecule has 0 aliphatic carbocycles. The second-order valence-corrected chi connectivity index (χ2v) is 6.92. The minimum absolute atomic E-state index is 0.558. The number of aromatic nitrogens is 1. The molecule has 0 bridgehead atoms. The van der Waals surface area contributed by atoms with E-state index in [1.165, 1.54) is 17.0 Å². The van der Waals surface area contributed by atoms with Crippen molar-refractivity contribution < 1.29 is 13.5 Å². The summed E-state index contributed by atoms with van der Waals surface area (Å²) >= 11 is 1.68. The summed E-state index contributed by atoms with van der Waals surface area (Å²) in [5.41, 5.74) is 3.10. The van der Waals surface area contributed by atoms with E-state index in [-0.39, 0.29) is 0 Å². The first-order chi connectivity index (χ1) is 12.6. The maximum absolute atomic E-state index is 13.4. The van der Waals surface area contributed by atoms with Gasteiger partial charge in [-0.15, -0.1) is 11.3 Å². The zero-order chi connectivity index (χ0) is 18.1. The van der Waals surface area contributed by atoms with Crippen LogP contribution in [0, 0.1) is 11.6 Å². The number of fused-ring (bicyclic) bond motifs is 1. The lowest BCUT2D eigenvalue weighted by atomic mass is 10.1. The molecule has 0 aliphatic heterocycles. The van der Waals surface area contributed by atoms with Gasteiger partial charge in [-0.1, -0.05) is 6.07 Å². The molecular weight excluding hydrogens is 354 g/mol. The van der Waals surface area contributed by atoms with Gasteiger partial charge >= 0.3 is 0 Å². The summed E-state index contributed by atoms with van der Waals surface area (Å²) in [6, 6.07) is 14.0. The Kier molecular flexibility index (Phi) is 4.34. The van der Waals surface area contributed by atoms with Crippen LogP contribution >= 0.6 is 11.3 Å². The fourth-order valence-corrected chi connectivity index (χ4v) is 3.54. The van der Waals surface area contributed by atoms with Crippen molar-refractivity contribution in [3.8, 4) is 17.0 Å². The summed E-state index contributed by atoms with van der Waals surface area (Å²) in [7, 11) is 1.62. The van der Waals surface area contributed by atoms with E-state index in [4.69, 9.17) is 4.74 Å². The van der Waals surface area contributed by atoms with Gasteiger partial charge in [-0.05, 0) is 41.8 Å². The SMILES string of the molecule is COc1ccc(-c2cc3cc(F)c(F)cc3[nH]2)cc1NCc1cccs1. The van der Waals surface area contributed by atoms with Crippen LogP contribution in [0.4, 0.5) is 14.5 Å². The number of hydrogen-bond donors (Lipinski definition) is 2. The average molecular weight is 370 g/mol. The summed E-state index contributed by atoms with van der Waals surface area (Å²) in [6.07, 6.45) is 0. The third-order valence-corrected chi connectivity index (χ3v) is 5.08. The third-order valence-electron chi connectivity index (χ3n) is 4.21.